The van der Waals surface area contributed by atoms with Gasteiger partial charge in [0.2, 0.25) is 0 Å². The first-order valence-corrected chi connectivity index (χ1v) is 7.59. The van der Waals surface area contributed by atoms with Crippen molar-refractivity contribution in [3.63, 3.8) is 0 Å². The summed E-state index contributed by atoms with van der Waals surface area (Å²) in [4.78, 5) is 0. The lowest BCUT2D eigenvalue weighted by Gasteiger charge is -2.17. The van der Waals surface area contributed by atoms with E-state index < -0.39 is 0 Å². The molecule has 0 amide bonds. The Morgan fingerprint density at radius 3 is 2.84 bits per heavy atom. The maximum Gasteiger partial charge on any atom is 0.0595 e. The van der Waals surface area contributed by atoms with Crippen LogP contribution in [0.2, 0.25) is 10.0 Å². The van der Waals surface area contributed by atoms with Gasteiger partial charge >= 0.3 is 0 Å². The lowest BCUT2D eigenvalue weighted by Crippen LogP contribution is -2.25. The summed E-state index contributed by atoms with van der Waals surface area (Å²) >= 11 is 12.2. The molecular weight excluding hydrogens is 281 g/mol. The van der Waals surface area contributed by atoms with E-state index in [1.807, 2.05) is 12.1 Å². The van der Waals surface area contributed by atoms with Crippen molar-refractivity contribution >= 4 is 23.2 Å². The summed E-state index contributed by atoms with van der Waals surface area (Å²) in [5, 5.41) is 4.75. The Morgan fingerprint density at radius 1 is 1.37 bits per heavy atom. The second kappa shape index (κ2) is 4.92. The van der Waals surface area contributed by atoms with E-state index in [4.69, 9.17) is 27.9 Å². The van der Waals surface area contributed by atoms with Gasteiger partial charge in [-0.3, -0.25) is 0 Å². The smallest absolute Gasteiger partial charge is 0.0595 e. The predicted molar refractivity (Wildman–Crippen MR) is 79.1 cm³/mol. The molecular formula is C15H19Cl2NO. The first-order chi connectivity index (χ1) is 9.05. The van der Waals surface area contributed by atoms with Gasteiger partial charge in [0.1, 0.15) is 0 Å². The monoisotopic (exact) mass is 299 g/mol. The Kier molecular flexibility index (Phi) is 3.55. The fourth-order valence-corrected chi connectivity index (χ4v) is 3.80. The number of rotatable bonds is 4. The van der Waals surface area contributed by atoms with E-state index in [0.717, 1.165) is 19.7 Å². The highest BCUT2D eigenvalue weighted by atomic mass is 35.5. The van der Waals surface area contributed by atoms with E-state index in [2.05, 4.69) is 25.2 Å². The molecule has 3 rings (SSSR count). The summed E-state index contributed by atoms with van der Waals surface area (Å²) in [6.07, 6.45) is 0.292. The van der Waals surface area contributed by atoms with Crippen LogP contribution in [-0.4, -0.2) is 25.8 Å². The highest BCUT2D eigenvalue weighted by Gasteiger charge is 2.67. The number of hydrogen-bond acceptors (Lipinski definition) is 2. The molecule has 1 unspecified atom stereocenters. The number of nitrogens with one attached hydrogen (secondary N) is 1. The molecule has 1 aromatic carbocycles. The van der Waals surface area contributed by atoms with Crippen LogP contribution in [0.3, 0.4) is 0 Å². The van der Waals surface area contributed by atoms with Gasteiger partial charge in [-0.25, -0.2) is 0 Å². The van der Waals surface area contributed by atoms with Gasteiger partial charge in [-0.2, -0.15) is 0 Å². The maximum atomic E-state index is 6.16. The standard InChI is InChI=1S/C15H19Cl2NO/c1-9(2)19-7-12-11-6-18-8-15(11,12)10-3-4-13(16)14(17)5-10/h3-5,9,11-12,18H,6-8H2,1-2H3/t11-,12+,15?/m0/s1. The van der Waals surface area contributed by atoms with E-state index >= 15 is 0 Å². The number of piperidine rings is 1. The van der Waals surface area contributed by atoms with Crippen molar-refractivity contribution in [1.29, 1.82) is 0 Å². The summed E-state index contributed by atoms with van der Waals surface area (Å²) in [6, 6.07) is 6.05. The molecule has 1 heterocycles. The molecule has 1 aliphatic heterocycles. The van der Waals surface area contributed by atoms with Crippen LogP contribution in [0.5, 0.6) is 0 Å². The van der Waals surface area contributed by atoms with Crippen molar-refractivity contribution in [2.24, 2.45) is 11.8 Å². The molecule has 19 heavy (non-hydrogen) atoms. The number of hydrogen-bond donors (Lipinski definition) is 1. The third kappa shape index (κ3) is 2.19. The van der Waals surface area contributed by atoms with E-state index in [1.165, 1.54) is 5.56 Å². The second-order valence-electron chi connectivity index (χ2n) is 5.90. The first kappa shape index (κ1) is 13.7. The number of halogens is 2. The molecule has 2 fully saturated rings. The zero-order valence-corrected chi connectivity index (χ0v) is 12.8. The summed E-state index contributed by atoms with van der Waals surface area (Å²) in [7, 11) is 0. The lowest BCUT2D eigenvalue weighted by molar-refractivity contribution is 0.0634. The fraction of sp³-hybridized carbons (Fsp3) is 0.600. The van der Waals surface area contributed by atoms with Crippen molar-refractivity contribution in [2.75, 3.05) is 19.7 Å². The molecule has 1 N–H and O–H groups in total. The Hall–Kier alpha value is -0.280. The first-order valence-electron chi connectivity index (χ1n) is 6.83. The van der Waals surface area contributed by atoms with Crippen LogP contribution in [0.25, 0.3) is 0 Å². The SMILES string of the molecule is CC(C)OC[C@@H]1[C@@H]2CNCC12c1ccc(Cl)c(Cl)c1. The van der Waals surface area contributed by atoms with Crippen LogP contribution in [0, 0.1) is 11.8 Å². The highest BCUT2D eigenvalue weighted by molar-refractivity contribution is 6.42. The van der Waals surface area contributed by atoms with Crippen LogP contribution in [-0.2, 0) is 10.2 Å². The third-order valence-corrected chi connectivity index (χ3v) is 5.29. The Balaban J connectivity index is 1.83. The highest BCUT2D eigenvalue weighted by Crippen LogP contribution is 2.62. The normalized spacial score (nSPS) is 32.7. The Morgan fingerprint density at radius 2 is 2.16 bits per heavy atom. The van der Waals surface area contributed by atoms with Gasteiger partial charge in [0, 0.05) is 12.0 Å². The molecule has 1 aliphatic carbocycles. The topological polar surface area (TPSA) is 21.3 Å². The molecule has 2 nitrogen and oxygen atoms in total. The molecule has 0 spiro atoms. The zero-order chi connectivity index (χ0) is 13.6. The summed E-state index contributed by atoms with van der Waals surface area (Å²) < 4.78 is 5.82. The summed E-state index contributed by atoms with van der Waals surface area (Å²) in [5.74, 6) is 1.27. The molecule has 0 radical (unpaired) electrons. The van der Waals surface area contributed by atoms with Crippen molar-refractivity contribution in [3.05, 3.63) is 33.8 Å². The van der Waals surface area contributed by atoms with Crippen LogP contribution in [0.4, 0.5) is 0 Å². The van der Waals surface area contributed by atoms with Crippen LogP contribution < -0.4 is 5.32 Å². The van der Waals surface area contributed by atoms with Gasteiger partial charge in [-0.05, 0) is 49.9 Å². The van der Waals surface area contributed by atoms with Gasteiger partial charge < -0.3 is 10.1 Å². The van der Waals surface area contributed by atoms with Crippen LogP contribution in [0.15, 0.2) is 18.2 Å². The number of benzene rings is 1. The van der Waals surface area contributed by atoms with Crippen molar-refractivity contribution in [1.82, 2.24) is 5.32 Å². The maximum absolute atomic E-state index is 6.16. The average Bonchev–Trinajstić information content (AvgIpc) is 2.76. The van der Waals surface area contributed by atoms with E-state index in [1.54, 1.807) is 0 Å². The minimum Gasteiger partial charge on any atom is -0.378 e. The van der Waals surface area contributed by atoms with Crippen molar-refractivity contribution in [3.8, 4) is 0 Å². The molecule has 1 saturated heterocycles. The predicted octanol–water partition coefficient (Wildman–Crippen LogP) is 3.51. The van der Waals surface area contributed by atoms with Gasteiger partial charge in [-0.15, -0.1) is 0 Å². The quantitative estimate of drug-likeness (QED) is 0.919. The number of ether oxygens (including phenoxy) is 1. The van der Waals surface area contributed by atoms with E-state index in [0.29, 0.717) is 28.0 Å². The largest absolute Gasteiger partial charge is 0.378 e. The lowest BCUT2D eigenvalue weighted by atomic mass is 9.93. The van der Waals surface area contributed by atoms with E-state index in [9.17, 15) is 0 Å². The van der Waals surface area contributed by atoms with Crippen molar-refractivity contribution in [2.45, 2.75) is 25.4 Å². The molecule has 4 heteroatoms. The Labute approximate surface area is 124 Å². The van der Waals surface area contributed by atoms with Gasteiger partial charge in [0.05, 0.1) is 22.8 Å². The average molecular weight is 300 g/mol. The third-order valence-electron chi connectivity index (χ3n) is 4.55. The van der Waals surface area contributed by atoms with Crippen molar-refractivity contribution < 1.29 is 4.74 Å². The van der Waals surface area contributed by atoms with Gasteiger partial charge in [0.15, 0.2) is 0 Å². The molecule has 104 valence electrons. The number of fused-ring (bicyclic) bond motifs is 1. The molecule has 0 aromatic heterocycles. The molecule has 3 atom stereocenters. The minimum atomic E-state index is 0.211. The zero-order valence-electron chi connectivity index (χ0n) is 11.2. The Bertz CT molecular complexity index is 491. The molecule has 1 aromatic rings. The van der Waals surface area contributed by atoms with Gasteiger partial charge in [0.25, 0.3) is 0 Å². The van der Waals surface area contributed by atoms with Crippen LogP contribution in [0.1, 0.15) is 19.4 Å². The van der Waals surface area contributed by atoms with Crippen LogP contribution >= 0.6 is 23.2 Å². The van der Waals surface area contributed by atoms with Gasteiger partial charge in [-0.1, -0.05) is 29.3 Å². The summed E-state index contributed by atoms with van der Waals surface area (Å²) in [5.41, 5.74) is 1.51. The molecule has 2 aliphatic rings. The minimum absolute atomic E-state index is 0.211. The molecule has 1 saturated carbocycles. The molecule has 0 bridgehead atoms. The van der Waals surface area contributed by atoms with E-state index in [-0.39, 0.29) is 5.41 Å². The summed E-state index contributed by atoms with van der Waals surface area (Å²) in [6.45, 7) is 7.10. The second-order valence-corrected chi connectivity index (χ2v) is 6.71. The fourth-order valence-electron chi connectivity index (χ4n) is 3.50.